The van der Waals surface area contributed by atoms with E-state index in [1.807, 2.05) is 6.92 Å². The molecule has 1 rings (SSSR count). The molecule has 0 radical (unpaired) electrons. The lowest BCUT2D eigenvalue weighted by atomic mass is 10.1. The van der Waals surface area contributed by atoms with Gasteiger partial charge in [0, 0.05) is 0 Å². The van der Waals surface area contributed by atoms with Crippen LogP contribution in [0.3, 0.4) is 0 Å². The van der Waals surface area contributed by atoms with Crippen LogP contribution < -0.4 is 5.32 Å². The molecule has 0 bridgehead atoms. The Hall–Kier alpha value is -1.43. The van der Waals surface area contributed by atoms with Crippen LogP contribution >= 0.6 is 0 Å². The Morgan fingerprint density at radius 2 is 1.94 bits per heavy atom. The molecule has 0 aromatic rings. The lowest BCUT2D eigenvalue weighted by Gasteiger charge is -2.30. The van der Waals surface area contributed by atoms with Crippen LogP contribution in [0, 0.1) is 0 Å². The van der Waals surface area contributed by atoms with Gasteiger partial charge in [0.2, 0.25) is 11.8 Å². The van der Waals surface area contributed by atoms with Gasteiger partial charge in [0.05, 0.1) is 19.7 Å². The first kappa shape index (κ1) is 12.6. The van der Waals surface area contributed by atoms with Crippen molar-refractivity contribution in [2.45, 2.75) is 26.3 Å². The van der Waals surface area contributed by atoms with Gasteiger partial charge in [-0.25, -0.2) is 0 Å². The van der Waals surface area contributed by atoms with E-state index in [4.69, 9.17) is 4.74 Å². The Bertz CT molecular complexity index is 287. The van der Waals surface area contributed by atoms with E-state index in [9.17, 15) is 14.4 Å². The van der Waals surface area contributed by atoms with Crippen LogP contribution in [-0.4, -0.2) is 48.4 Å². The van der Waals surface area contributed by atoms with Gasteiger partial charge in [-0.15, -0.1) is 0 Å². The molecular formula is C10H16N2O4. The minimum atomic E-state index is -0.519. The summed E-state index contributed by atoms with van der Waals surface area (Å²) in [6.45, 7) is 3.95. The number of carbonyl (C=O) groups excluding carboxylic acids is 3. The monoisotopic (exact) mass is 228 g/mol. The maximum absolute atomic E-state index is 11.6. The fraction of sp³-hybridized carbons (Fsp3) is 0.700. The van der Waals surface area contributed by atoms with Gasteiger partial charge in [-0.2, -0.15) is 0 Å². The van der Waals surface area contributed by atoms with Crippen LogP contribution in [0.2, 0.25) is 0 Å². The second-order valence-corrected chi connectivity index (χ2v) is 3.55. The molecule has 1 atom stereocenters. The second kappa shape index (κ2) is 5.60. The summed E-state index contributed by atoms with van der Waals surface area (Å²) in [6.07, 6.45) is 0.513. The Kier molecular flexibility index (Phi) is 4.42. The lowest BCUT2D eigenvalue weighted by molar-refractivity contribution is -0.152. The van der Waals surface area contributed by atoms with E-state index in [0.29, 0.717) is 13.0 Å². The van der Waals surface area contributed by atoms with Gasteiger partial charge in [-0.3, -0.25) is 24.6 Å². The SMILES string of the molecule is CCOC(=O)C(CC)N1CC(=O)NC(=O)C1. The van der Waals surface area contributed by atoms with Gasteiger partial charge in [-0.1, -0.05) is 6.92 Å². The normalized spacial score (nSPS) is 19.1. The molecule has 1 aliphatic rings. The summed E-state index contributed by atoms with van der Waals surface area (Å²) < 4.78 is 4.90. The standard InChI is InChI=1S/C10H16N2O4/c1-3-7(10(15)16-4-2)12-5-8(13)11-9(14)6-12/h7H,3-6H2,1-2H3,(H,11,13,14). The molecule has 0 aromatic heterocycles. The van der Waals surface area contributed by atoms with Crippen LogP contribution in [0.1, 0.15) is 20.3 Å². The highest BCUT2D eigenvalue weighted by Crippen LogP contribution is 2.08. The van der Waals surface area contributed by atoms with Crippen LogP contribution in [0.4, 0.5) is 0 Å². The van der Waals surface area contributed by atoms with E-state index in [-0.39, 0.29) is 30.9 Å². The van der Waals surface area contributed by atoms with Gasteiger partial charge in [0.25, 0.3) is 0 Å². The molecular weight excluding hydrogens is 212 g/mol. The van der Waals surface area contributed by atoms with Crippen molar-refractivity contribution in [1.82, 2.24) is 10.2 Å². The first-order valence-corrected chi connectivity index (χ1v) is 5.31. The summed E-state index contributed by atoms with van der Waals surface area (Å²) in [5.41, 5.74) is 0. The molecule has 1 saturated heterocycles. The number of carbonyl (C=O) groups is 3. The molecule has 6 heteroatoms. The number of piperazine rings is 1. The average Bonchev–Trinajstić information content (AvgIpc) is 2.17. The number of imide groups is 1. The molecule has 1 unspecified atom stereocenters. The smallest absolute Gasteiger partial charge is 0.323 e. The van der Waals surface area contributed by atoms with E-state index in [1.54, 1.807) is 11.8 Å². The van der Waals surface area contributed by atoms with Gasteiger partial charge in [-0.05, 0) is 13.3 Å². The van der Waals surface area contributed by atoms with Crippen molar-refractivity contribution in [3.8, 4) is 0 Å². The van der Waals surface area contributed by atoms with Crippen LogP contribution in [0.5, 0.6) is 0 Å². The van der Waals surface area contributed by atoms with Crippen molar-refractivity contribution in [3.05, 3.63) is 0 Å². The van der Waals surface area contributed by atoms with Crippen molar-refractivity contribution < 1.29 is 19.1 Å². The number of ether oxygens (including phenoxy) is 1. The fourth-order valence-electron chi connectivity index (χ4n) is 1.69. The Labute approximate surface area is 93.9 Å². The predicted octanol–water partition coefficient (Wildman–Crippen LogP) is -0.713. The van der Waals surface area contributed by atoms with Gasteiger partial charge in [0.1, 0.15) is 6.04 Å². The van der Waals surface area contributed by atoms with E-state index in [2.05, 4.69) is 5.32 Å². The largest absolute Gasteiger partial charge is 0.465 e. The highest BCUT2D eigenvalue weighted by Gasteiger charge is 2.32. The Morgan fingerprint density at radius 3 is 2.38 bits per heavy atom. The highest BCUT2D eigenvalue weighted by molar-refractivity contribution is 5.99. The number of nitrogens with zero attached hydrogens (tertiary/aromatic N) is 1. The molecule has 2 amide bonds. The van der Waals surface area contributed by atoms with Crippen LogP contribution in [0.25, 0.3) is 0 Å². The molecule has 0 aromatic carbocycles. The molecule has 1 N–H and O–H groups in total. The van der Waals surface area contributed by atoms with E-state index < -0.39 is 6.04 Å². The molecule has 0 spiro atoms. The Balaban J connectivity index is 2.68. The third-order valence-corrected chi connectivity index (χ3v) is 2.36. The van der Waals surface area contributed by atoms with Gasteiger partial charge in [0.15, 0.2) is 0 Å². The predicted molar refractivity (Wildman–Crippen MR) is 55.4 cm³/mol. The molecule has 90 valence electrons. The summed E-state index contributed by atoms with van der Waals surface area (Å²) in [6, 6.07) is -0.519. The van der Waals surface area contributed by atoms with Gasteiger partial charge < -0.3 is 4.74 Å². The maximum atomic E-state index is 11.6. The minimum absolute atomic E-state index is 0.0586. The quantitative estimate of drug-likeness (QED) is 0.508. The summed E-state index contributed by atoms with van der Waals surface area (Å²) in [5, 5.41) is 2.19. The first-order chi connectivity index (χ1) is 7.58. The average molecular weight is 228 g/mol. The minimum Gasteiger partial charge on any atom is -0.465 e. The third-order valence-electron chi connectivity index (χ3n) is 2.36. The van der Waals surface area contributed by atoms with Crippen molar-refractivity contribution in [2.75, 3.05) is 19.7 Å². The fourth-order valence-corrected chi connectivity index (χ4v) is 1.69. The highest BCUT2D eigenvalue weighted by atomic mass is 16.5. The Morgan fingerprint density at radius 1 is 1.38 bits per heavy atom. The molecule has 1 aliphatic heterocycles. The molecule has 16 heavy (non-hydrogen) atoms. The number of esters is 1. The zero-order valence-corrected chi connectivity index (χ0v) is 9.49. The zero-order chi connectivity index (χ0) is 12.1. The van der Waals surface area contributed by atoms with Crippen molar-refractivity contribution in [3.63, 3.8) is 0 Å². The molecule has 1 heterocycles. The van der Waals surface area contributed by atoms with Crippen molar-refractivity contribution in [2.24, 2.45) is 0 Å². The second-order valence-electron chi connectivity index (χ2n) is 3.55. The van der Waals surface area contributed by atoms with E-state index >= 15 is 0 Å². The zero-order valence-electron chi connectivity index (χ0n) is 9.49. The molecule has 6 nitrogen and oxygen atoms in total. The topological polar surface area (TPSA) is 75.7 Å². The molecule has 0 aliphatic carbocycles. The lowest BCUT2D eigenvalue weighted by Crippen LogP contribution is -2.56. The molecule has 1 fully saturated rings. The summed E-state index contributed by atoms with van der Waals surface area (Å²) >= 11 is 0. The number of hydrogen-bond donors (Lipinski definition) is 1. The van der Waals surface area contributed by atoms with Crippen LogP contribution in [-0.2, 0) is 19.1 Å². The van der Waals surface area contributed by atoms with Gasteiger partial charge >= 0.3 is 5.97 Å². The number of amides is 2. The van der Waals surface area contributed by atoms with Crippen molar-refractivity contribution >= 4 is 17.8 Å². The van der Waals surface area contributed by atoms with Crippen molar-refractivity contribution in [1.29, 1.82) is 0 Å². The van der Waals surface area contributed by atoms with Crippen LogP contribution in [0.15, 0.2) is 0 Å². The molecule has 0 saturated carbocycles. The number of nitrogens with one attached hydrogen (secondary N) is 1. The third kappa shape index (κ3) is 3.03. The number of hydrogen-bond acceptors (Lipinski definition) is 5. The summed E-state index contributed by atoms with van der Waals surface area (Å²) in [5.74, 6) is -1.13. The number of rotatable bonds is 4. The summed E-state index contributed by atoms with van der Waals surface area (Å²) in [4.78, 5) is 35.4. The van der Waals surface area contributed by atoms with E-state index in [1.165, 1.54) is 0 Å². The maximum Gasteiger partial charge on any atom is 0.323 e. The van der Waals surface area contributed by atoms with E-state index in [0.717, 1.165) is 0 Å². The summed E-state index contributed by atoms with van der Waals surface area (Å²) in [7, 11) is 0. The first-order valence-electron chi connectivity index (χ1n) is 5.31.